The molecule has 0 bridgehead atoms. The molecule has 0 aliphatic rings. The minimum atomic E-state index is -0.484. The van der Waals surface area contributed by atoms with Gasteiger partial charge in [0.1, 0.15) is 5.70 Å². The van der Waals surface area contributed by atoms with Crippen LogP contribution in [-0.2, 0) is 4.79 Å². The lowest BCUT2D eigenvalue weighted by molar-refractivity contribution is -0.133. The molecule has 0 radical (unpaired) electrons. The van der Waals surface area contributed by atoms with Gasteiger partial charge in [-0.15, -0.1) is 0 Å². The lowest BCUT2D eigenvalue weighted by Crippen LogP contribution is -2.61. The van der Waals surface area contributed by atoms with E-state index in [0.717, 1.165) is 6.08 Å². The number of benzene rings is 1. The maximum atomic E-state index is 11.7. The summed E-state index contributed by atoms with van der Waals surface area (Å²) in [5.41, 5.74) is 11.2. The zero-order valence-corrected chi connectivity index (χ0v) is 10.8. The minimum absolute atomic E-state index is 0.0230. The molecule has 10 N–H and O–H groups in total. The molecule has 0 aliphatic heterocycles. The van der Waals surface area contributed by atoms with Crippen molar-refractivity contribution in [2.45, 2.75) is 4.90 Å². The van der Waals surface area contributed by atoms with Crippen LogP contribution in [-0.4, -0.2) is 22.0 Å². The van der Waals surface area contributed by atoms with Crippen LogP contribution in [0, 0.1) is 0 Å². The number of carbonyl (C=O) groups excluding carboxylic acids is 1. The van der Waals surface area contributed by atoms with Crippen molar-refractivity contribution in [1.29, 1.82) is 0 Å². The average Bonchev–Trinajstić information content (AvgIpc) is 2.37. The van der Waals surface area contributed by atoms with Crippen molar-refractivity contribution < 1.29 is 20.2 Å². The molecule has 100 valence electrons. The van der Waals surface area contributed by atoms with Gasteiger partial charge >= 0.3 is 11.5 Å². The summed E-state index contributed by atoms with van der Waals surface area (Å²) < 4.78 is 8.90. The van der Waals surface area contributed by atoms with Crippen LogP contribution < -0.4 is 27.6 Å². The van der Waals surface area contributed by atoms with Gasteiger partial charge in [0.15, 0.2) is 0 Å². The van der Waals surface area contributed by atoms with E-state index in [0.29, 0.717) is 22.6 Å². The first-order valence-corrected chi connectivity index (χ1v) is 5.92. The summed E-state index contributed by atoms with van der Waals surface area (Å²) in [5.74, 6) is -0.637. The highest BCUT2D eigenvalue weighted by molar-refractivity contribution is 7.93. The smallest absolute Gasteiger partial charge is 0.338 e. The molecule has 0 spiro atoms. The second kappa shape index (κ2) is 6.57. The van der Waals surface area contributed by atoms with Crippen LogP contribution in [0.1, 0.15) is 0 Å². The Hall–Kier alpha value is -2.32. The first kappa shape index (κ1) is 14.7. The van der Waals surface area contributed by atoms with Crippen molar-refractivity contribution >= 4 is 35.2 Å². The summed E-state index contributed by atoms with van der Waals surface area (Å²) in [4.78, 5) is 12.3. The van der Waals surface area contributed by atoms with Crippen molar-refractivity contribution in [3.8, 4) is 0 Å². The van der Waals surface area contributed by atoms with Gasteiger partial charge in [0.2, 0.25) is 0 Å². The minimum Gasteiger partial charge on any atom is -0.393 e. The zero-order chi connectivity index (χ0) is 14.4. The van der Waals surface area contributed by atoms with Crippen LogP contribution in [0.2, 0.25) is 0 Å². The molecular weight excluding hydrogens is 266 g/mol. The van der Waals surface area contributed by atoms with E-state index in [1.54, 1.807) is 24.3 Å². The molecule has 7 nitrogen and oxygen atoms in total. The van der Waals surface area contributed by atoms with Crippen molar-refractivity contribution in [3.05, 3.63) is 36.0 Å². The van der Waals surface area contributed by atoms with Gasteiger partial charge in [0.05, 0.1) is 0 Å². The first-order valence-electron chi connectivity index (χ1n) is 5.14. The topological polar surface area (TPSA) is 153 Å². The molecule has 19 heavy (non-hydrogen) atoms. The Bertz CT molecular complexity index is 556. The zero-order valence-electron chi connectivity index (χ0n) is 9.96. The lowest BCUT2D eigenvalue weighted by atomic mass is 10.2. The summed E-state index contributed by atoms with van der Waals surface area (Å²) in [7, 11) is 0. The fourth-order valence-electron chi connectivity index (χ4n) is 1.19. The van der Waals surface area contributed by atoms with Crippen molar-refractivity contribution in [3.63, 3.8) is 0 Å². The molecule has 1 aromatic carbocycles. The summed E-state index contributed by atoms with van der Waals surface area (Å²) in [6.07, 6.45) is 1.08. The van der Waals surface area contributed by atoms with Crippen LogP contribution >= 0.6 is 12.0 Å². The molecule has 1 rings (SSSR count). The first-order chi connectivity index (χ1) is 8.93. The molecule has 0 unspecified atom stereocenters. The van der Waals surface area contributed by atoms with Gasteiger partial charge in [-0.3, -0.25) is 15.9 Å². The summed E-state index contributed by atoms with van der Waals surface area (Å²) >= 11 is 0.581. The van der Waals surface area contributed by atoms with E-state index in [1.165, 1.54) is 0 Å². The van der Waals surface area contributed by atoms with Crippen molar-refractivity contribution in [2.24, 2.45) is 11.5 Å². The van der Waals surface area contributed by atoms with Gasteiger partial charge in [0, 0.05) is 28.7 Å². The molecule has 0 fully saturated rings. The number of hydrogen-bond donors (Lipinski definition) is 6. The largest absolute Gasteiger partial charge is 0.393 e. The van der Waals surface area contributed by atoms with Gasteiger partial charge in [-0.1, -0.05) is 6.07 Å². The summed E-state index contributed by atoms with van der Waals surface area (Å²) in [5, 5.41) is 13.3. The normalized spacial score (nSPS) is 10.9. The number of nitrogens with one attached hydrogen (secondary N) is 1. The SMILES string of the molecule is NC(=[NH2+])C(=[NH2+])/C(N)=C\C(=O)Nc1cccc(SO)c1. The van der Waals surface area contributed by atoms with Crippen molar-refractivity contribution in [1.82, 2.24) is 0 Å². The van der Waals surface area contributed by atoms with Crippen LogP contribution in [0.3, 0.4) is 0 Å². The van der Waals surface area contributed by atoms with Crippen LogP contribution in [0.15, 0.2) is 40.9 Å². The molecule has 0 atom stereocenters. The maximum absolute atomic E-state index is 11.7. The average molecular weight is 281 g/mol. The predicted octanol–water partition coefficient (Wildman–Crippen LogP) is -2.65. The quantitative estimate of drug-likeness (QED) is 0.151. The van der Waals surface area contributed by atoms with Crippen LogP contribution in [0.4, 0.5) is 5.69 Å². The van der Waals surface area contributed by atoms with Crippen LogP contribution in [0.25, 0.3) is 0 Å². The molecule has 0 heterocycles. The Morgan fingerprint density at radius 1 is 1.37 bits per heavy atom. The molecule has 0 aliphatic carbocycles. The fourth-order valence-corrected chi connectivity index (χ4v) is 1.51. The highest BCUT2D eigenvalue weighted by atomic mass is 32.2. The number of anilines is 1. The van der Waals surface area contributed by atoms with E-state index >= 15 is 0 Å². The third-order valence-corrected chi connectivity index (χ3v) is 2.58. The van der Waals surface area contributed by atoms with Crippen molar-refractivity contribution in [2.75, 3.05) is 5.32 Å². The molecule has 0 saturated heterocycles. The Balaban J connectivity index is 2.77. The van der Waals surface area contributed by atoms with Gasteiger partial charge in [-0.2, -0.15) is 0 Å². The monoisotopic (exact) mass is 281 g/mol. The van der Waals surface area contributed by atoms with E-state index in [-0.39, 0.29) is 17.2 Å². The number of carbonyl (C=O) groups is 1. The number of amides is 1. The molecule has 0 saturated carbocycles. The van der Waals surface area contributed by atoms with E-state index in [9.17, 15) is 4.79 Å². The summed E-state index contributed by atoms with van der Waals surface area (Å²) in [6, 6.07) is 6.65. The van der Waals surface area contributed by atoms with E-state index in [2.05, 4.69) is 5.32 Å². The van der Waals surface area contributed by atoms with E-state index in [1.807, 2.05) is 0 Å². The molecule has 8 heteroatoms. The maximum Gasteiger partial charge on any atom is 0.338 e. The third-order valence-electron chi connectivity index (χ3n) is 2.12. The third kappa shape index (κ3) is 4.45. The summed E-state index contributed by atoms with van der Waals surface area (Å²) in [6.45, 7) is 0. The number of rotatable bonds is 5. The fraction of sp³-hybridized carbons (Fsp3) is 0. The predicted molar refractivity (Wildman–Crippen MR) is 73.9 cm³/mol. The number of nitrogens with two attached hydrogens (primary N) is 4. The Morgan fingerprint density at radius 3 is 2.63 bits per heavy atom. The van der Waals surface area contributed by atoms with Gasteiger partial charge in [-0.05, 0) is 18.2 Å². The van der Waals surface area contributed by atoms with Gasteiger partial charge in [-0.25, -0.2) is 5.41 Å². The van der Waals surface area contributed by atoms with E-state index in [4.69, 9.17) is 26.8 Å². The molecule has 0 aromatic heterocycles. The van der Waals surface area contributed by atoms with E-state index < -0.39 is 5.91 Å². The molecular formula is C11H15N5O2S+2. The van der Waals surface area contributed by atoms with Gasteiger partial charge < -0.3 is 15.6 Å². The molecule has 1 amide bonds. The van der Waals surface area contributed by atoms with Gasteiger partial charge in [0.25, 0.3) is 5.91 Å². The standard InChI is InChI=1S/C11H13N5O2S/c12-8(10(13)11(14)15)5-9(17)16-6-2-1-3-7(4-6)19-18/h1-5,13,18H,12H2,(H3,14,15)(H,16,17)/p+2/b8-5+,13-10?. The molecule has 1 aromatic rings. The number of amidine groups is 1. The number of hydrogen-bond acceptors (Lipinski definition) is 4. The Kier molecular flexibility index (Phi) is 5.10. The Labute approximate surface area is 113 Å². The highest BCUT2D eigenvalue weighted by Gasteiger charge is 2.16. The highest BCUT2D eigenvalue weighted by Crippen LogP contribution is 2.18. The van der Waals surface area contributed by atoms with Crippen LogP contribution in [0.5, 0.6) is 0 Å². The second-order valence-corrected chi connectivity index (χ2v) is 4.23. The second-order valence-electron chi connectivity index (χ2n) is 3.58. The lowest BCUT2D eigenvalue weighted by Gasteiger charge is -2.03. The Morgan fingerprint density at radius 2 is 2.05 bits per heavy atom.